The van der Waals surface area contributed by atoms with Gasteiger partial charge < -0.3 is 10.6 Å². The molecule has 1 aliphatic heterocycles. The maximum atomic E-state index is 6.09. The Morgan fingerprint density at radius 2 is 2.24 bits per heavy atom. The largest absolute Gasteiger partial charge is 0.368 e. The minimum atomic E-state index is 0.109. The van der Waals surface area contributed by atoms with Crippen molar-refractivity contribution >= 4 is 21.6 Å². The van der Waals surface area contributed by atoms with E-state index in [0.29, 0.717) is 0 Å². The summed E-state index contributed by atoms with van der Waals surface area (Å²) in [4.78, 5) is 2.58. The summed E-state index contributed by atoms with van der Waals surface area (Å²) in [6.45, 7) is 3.29. The molecule has 2 nitrogen and oxygen atoms in total. The van der Waals surface area contributed by atoms with E-state index in [2.05, 4.69) is 46.0 Å². The molecule has 3 atom stereocenters. The maximum absolute atomic E-state index is 6.09. The van der Waals surface area contributed by atoms with Gasteiger partial charge in [-0.15, -0.1) is 0 Å². The van der Waals surface area contributed by atoms with Gasteiger partial charge in [-0.25, -0.2) is 0 Å². The second-order valence-corrected chi connectivity index (χ2v) is 6.39. The van der Waals surface area contributed by atoms with E-state index in [9.17, 15) is 0 Å². The molecular formula is C14H19BrN2. The van der Waals surface area contributed by atoms with Crippen LogP contribution < -0.4 is 10.6 Å². The van der Waals surface area contributed by atoms with E-state index >= 15 is 0 Å². The molecule has 2 fully saturated rings. The zero-order valence-corrected chi connectivity index (χ0v) is 11.8. The van der Waals surface area contributed by atoms with Gasteiger partial charge in [0, 0.05) is 28.8 Å². The van der Waals surface area contributed by atoms with E-state index in [1.807, 2.05) is 0 Å². The molecule has 1 saturated heterocycles. The fourth-order valence-electron chi connectivity index (χ4n) is 3.37. The van der Waals surface area contributed by atoms with Crippen molar-refractivity contribution in [3.63, 3.8) is 0 Å². The Kier molecular flexibility index (Phi) is 2.91. The molecule has 17 heavy (non-hydrogen) atoms. The summed E-state index contributed by atoms with van der Waals surface area (Å²) in [5.74, 6) is 0.917. The summed E-state index contributed by atoms with van der Waals surface area (Å²) in [5.41, 5.74) is 8.72. The molecule has 92 valence electrons. The number of hydrogen-bond donors (Lipinski definition) is 1. The first-order valence-electron chi connectivity index (χ1n) is 6.47. The van der Waals surface area contributed by atoms with Crippen LogP contribution in [-0.2, 0) is 0 Å². The summed E-state index contributed by atoms with van der Waals surface area (Å²) in [6, 6.07) is 7.36. The number of hydrogen-bond acceptors (Lipinski definition) is 2. The third-order valence-corrected chi connectivity index (χ3v) is 4.69. The zero-order valence-electron chi connectivity index (χ0n) is 10.2. The van der Waals surface area contributed by atoms with Crippen molar-refractivity contribution in [2.45, 2.75) is 38.3 Å². The van der Waals surface area contributed by atoms with E-state index in [4.69, 9.17) is 5.73 Å². The van der Waals surface area contributed by atoms with Crippen LogP contribution in [0.25, 0.3) is 0 Å². The maximum Gasteiger partial charge on any atom is 0.0428 e. The van der Waals surface area contributed by atoms with Gasteiger partial charge in [-0.2, -0.15) is 0 Å². The van der Waals surface area contributed by atoms with Crippen LogP contribution in [0.15, 0.2) is 22.7 Å². The number of nitrogens with two attached hydrogens (primary N) is 1. The van der Waals surface area contributed by atoms with E-state index < -0.39 is 0 Å². The minimum Gasteiger partial charge on any atom is -0.368 e. The predicted molar refractivity (Wildman–Crippen MR) is 75.2 cm³/mol. The Bertz CT molecular complexity index is 430. The molecule has 1 saturated carbocycles. The molecule has 2 aliphatic rings. The first kappa shape index (κ1) is 11.5. The summed E-state index contributed by atoms with van der Waals surface area (Å²) in [5, 5.41) is 0. The Labute approximate surface area is 111 Å². The van der Waals surface area contributed by atoms with Gasteiger partial charge in [-0.1, -0.05) is 22.0 Å². The number of halogens is 1. The highest BCUT2D eigenvalue weighted by molar-refractivity contribution is 9.10. The number of benzene rings is 1. The van der Waals surface area contributed by atoms with Crippen LogP contribution in [0, 0.1) is 5.92 Å². The Balaban J connectivity index is 1.98. The van der Waals surface area contributed by atoms with Gasteiger partial charge in [0.2, 0.25) is 0 Å². The second kappa shape index (κ2) is 4.29. The van der Waals surface area contributed by atoms with Gasteiger partial charge in [0.05, 0.1) is 0 Å². The molecular weight excluding hydrogens is 276 g/mol. The molecule has 1 aromatic carbocycles. The zero-order chi connectivity index (χ0) is 12.0. The lowest BCUT2D eigenvalue weighted by Crippen LogP contribution is -2.33. The van der Waals surface area contributed by atoms with Crippen molar-refractivity contribution in [1.82, 2.24) is 0 Å². The summed E-state index contributed by atoms with van der Waals surface area (Å²) in [7, 11) is 0. The number of fused-ring (bicyclic) bond motifs is 2. The fraction of sp³-hybridized carbons (Fsp3) is 0.571. The van der Waals surface area contributed by atoms with Crippen LogP contribution in [0.1, 0.15) is 37.8 Å². The van der Waals surface area contributed by atoms with Crippen molar-refractivity contribution in [3.05, 3.63) is 28.2 Å². The van der Waals surface area contributed by atoms with Crippen molar-refractivity contribution in [2.24, 2.45) is 11.7 Å². The highest BCUT2D eigenvalue weighted by Gasteiger charge is 2.38. The van der Waals surface area contributed by atoms with Crippen LogP contribution in [0.4, 0.5) is 5.69 Å². The number of piperidine rings is 1. The fourth-order valence-corrected chi connectivity index (χ4v) is 3.72. The normalized spacial score (nSPS) is 28.8. The first-order chi connectivity index (χ1) is 8.15. The molecule has 1 heterocycles. The number of rotatable bonds is 2. The third-order valence-electron chi connectivity index (χ3n) is 4.20. The smallest absolute Gasteiger partial charge is 0.0428 e. The number of anilines is 1. The SMILES string of the molecule is CC(N)c1ccc(Br)cc1N1CC2CCC1C2. The van der Waals surface area contributed by atoms with Crippen molar-refractivity contribution in [2.75, 3.05) is 11.4 Å². The molecule has 2 N–H and O–H groups in total. The van der Waals surface area contributed by atoms with Crippen LogP contribution in [0.2, 0.25) is 0 Å². The standard InChI is InChI=1S/C14H19BrN2/c1-9(16)13-5-3-11(15)7-14(13)17-8-10-2-4-12(17)6-10/h3,5,7,9-10,12H,2,4,6,8,16H2,1H3. The van der Waals surface area contributed by atoms with Crippen LogP contribution >= 0.6 is 15.9 Å². The van der Waals surface area contributed by atoms with Gasteiger partial charge in [0.25, 0.3) is 0 Å². The van der Waals surface area contributed by atoms with Crippen molar-refractivity contribution < 1.29 is 0 Å². The van der Waals surface area contributed by atoms with E-state index in [1.54, 1.807) is 0 Å². The summed E-state index contributed by atoms with van der Waals surface area (Å²) < 4.78 is 1.15. The molecule has 1 aromatic rings. The quantitative estimate of drug-likeness (QED) is 0.905. The molecule has 0 spiro atoms. The summed E-state index contributed by atoms with van der Waals surface area (Å²) in [6.07, 6.45) is 4.16. The van der Waals surface area contributed by atoms with Gasteiger partial charge in [0.15, 0.2) is 0 Å². The molecule has 3 unspecified atom stereocenters. The molecule has 0 amide bonds. The van der Waals surface area contributed by atoms with Gasteiger partial charge >= 0.3 is 0 Å². The lowest BCUT2D eigenvalue weighted by Gasteiger charge is -2.32. The van der Waals surface area contributed by atoms with Crippen LogP contribution in [0.5, 0.6) is 0 Å². The van der Waals surface area contributed by atoms with E-state index in [1.165, 1.54) is 37.1 Å². The van der Waals surface area contributed by atoms with Crippen molar-refractivity contribution in [1.29, 1.82) is 0 Å². The average molecular weight is 295 g/mol. The predicted octanol–water partition coefficient (Wildman–Crippen LogP) is 3.46. The topological polar surface area (TPSA) is 29.3 Å². The van der Waals surface area contributed by atoms with Crippen LogP contribution in [0.3, 0.4) is 0 Å². The van der Waals surface area contributed by atoms with E-state index in [-0.39, 0.29) is 6.04 Å². The third kappa shape index (κ3) is 2.00. The Morgan fingerprint density at radius 3 is 2.82 bits per heavy atom. The number of nitrogens with zero attached hydrogens (tertiary/aromatic N) is 1. The molecule has 2 bridgehead atoms. The minimum absolute atomic E-state index is 0.109. The first-order valence-corrected chi connectivity index (χ1v) is 7.26. The Morgan fingerprint density at radius 1 is 1.41 bits per heavy atom. The highest BCUT2D eigenvalue weighted by atomic mass is 79.9. The van der Waals surface area contributed by atoms with Gasteiger partial charge in [-0.05, 0) is 49.8 Å². The molecule has 0 radical (unpaired) electrons. The summed E-state index contributed by atoms with van der Waals surface area (Å²) >= 11 is 3.58. The molecule has 1 aliphatic carbocycles. The molecule has 0 aromatic heterocycles. The second-order valence-electron chi connectivity index (χ2n) is 5.48. The van der Waals surface area contributed by atoms with E-state index in [0.717, 1.165) is 16.4 Å². The lowest BCUT2D eigenvalue weighted by atomic mass is 10.0. The van der Waals surface area contributed by atoms with Gasteiger partial charge in [-0.3, -0.25) is 0 Å². The molecule has 3 heteroatoms. The average Bonchev–Trinajstić information content (AvgIpc) is 2.90. The lowest BCUT2D eigenvalue weighted by molar-refractivity contribution is 0.551. The Hall–Kier alpha value is -0.540. The van der Waals surface area contributed by atoms with Crippen molar-refractivity contribution in [3.8, 4) is 0 Å². The van der Waals surface area contributed by atoms with Gasteiger partial charge in [0.1, 0.15) is 0 Å². The van der Waals surface area contributed by atoms with Crippen LogP contribution in [-0.4, -0.2) is 12.6 Å². The monoisotopic (exact) mass is 294 g/mol. The molecule has 3 rings (SSSR count). The highest BCUT2D eigenvalue weighted by Crippen LogP contribution is 2.42.